The van der Waals surface area contributed by atoms with E-state index in [0.29, 0.717) is 0 Å². The van der Waals surface area contributed by atoms with E-state index in [-0.39, 0.29) is 5.91 Å². The third-order valence-electron chi connectivity index (χ3n) is 1.63. The Morgan fingerprint density at radius 2 is 2.15 bits per heavy atom. The summed E-state index contributed by atoms with van der Waals surface area (Å²) in [6, 6.07) is 7.62. The highest BCUT2D eigenvalue weighted by Gasteiger charge is 1.98. The summed E-state index contributed by atoms with van der Waals surface area (Å²) in [5, 5.41) is 4.15. The van der Waals surface area contributed by atoms with Gasteiger partial charge in [-0.3, -0.25) is 4.79 Å². The van der Waals surface area contributed by atoms with E-state index in [9.17, 15) is 4.79 Å². The highest BCUT2D eigenvalue weighted by molar-refractivity contribution is 7.83. The summed E-state index contributed by atoms with van der Waals surface area (Å²) in [6.07, 6.45) is 1.37. The first-order chi connectivity index (χ1) is 6.24. The number of anilines is 1. The molecule has 1 amide bonds. The van der Waals surface area contributed by atoms with Gasteiger partial charge < -0.3 is 5.32 Å². The van der Waals surface area contributed by atoms with Crippen LogP contribution in [0.25, 0.3) is 0 Å². The average molecular weight is 193 g/mol. The number of hydrogen-bond donors (Lipinski definition) is 2. The molecule has 0 aliphatic heterocycles. The Hall–Kier alpha value is -1.22. The normalized spacial score (nSPS) is 10.3. The molecule has 0 unspecified atom stereocenters. The zero-order chi connectivity index (χ0) is 9.68. The van der Waals surface area contributed by atoms with Gasteiger partial charge in [0.15, 0.2) is 0 Å². The van der Waals surface area contributed by atoms with E-state index >= 15 is 0 Å². The molecule has 0 aromatic heterocycles. The highest BCUT2D eigenvalue weighted by Crippen LogP contribution is 2.12. The van der Waals surface area contributed by atoms with Gasteiger partial charge in [0.25, 0.3) is 0 Å². The van der Waals surface area contributed by atoms with Gasteiger partial charge in [0.1, 0.15) is 0 Å². The number of hydrogen-bond acceptors (Lipinski definition) is 2. The minimum atomic E-state index is -0.163. The van der Waals surface area contributed by atoms with Crippen LogP contribution < -0.4 is 5.32 Å². The average Bonchev–Trinajstić information content (AvgIpc) is 2.09. The molecule has 0 atom stereocenters. The predicted octanol–water partition coefficient (Wildman–Crippen LogP) is 2.38. The van der Waals surface area contributed by atoms with E-state index < -0.39 is 0 Å². The van der Waals surface area contributed by atoms with Gasteiger partial charge in [0.2, 0.25) is 5.91 Å². The summed E-state index contributed by atoms with van der Waals surface area (Å²) in [5.41, 5.74) is 1.88. The molecule has 0 bridgehead atoms. The van der Waals surface area contributed by atoms with E-state index in [1.807, 2.05) is 31.2 Å². The lowest BCUT2D eigenvalue weighted by atomic mass is 10.2. The van der Waals surface area contributed by atoms with Crippen molar-refractivity contribution in [3.63, 3.8) is 0 Å². The Balaban J connectivity index is 2.74. The maximum Gasteiger partial charge on any atom is 0.248 e. The fraction of sp³-hybridized carbons (Fsp3) is 0.100. The zero-order valence-corrected chi connectivity index (χ0v) is 8.21. The Morgan fingerprint density at radius 1 is 1.46 bits per heavy atom. The monoisotopic (exact) mass is 193 g/mol. The van der Waals surface area contributed by atoms with Crippen LogP contribution >= 0.6 is 12.6 Å². The number of thiol groups is 1. The second-order valence-corrected chi connectivity index (χ2v) is 2.92. The van der Waals surface area contributed by atoms with Crippen LogP contribution in [0.4, 0.5) is 5.69 Å². The molecule has 1 aromatic rings. The molecule has 1 N–H and O–H groups in total. The minimum Gasteiger partial charge on any atom is -0.322 e. The van der Waals surface area contributed by atoms with Gasteiger partial charge in [0.05, 0.1) is 0 Å². The number of amides is 1. The second kappa shape index (κ2) is 4.72. The van der Waals surface area contributed by atoms with Crippen molar-refractivity contribution >= 4 is 24.2 Å². The second-order valence-electron chi connectivity index (χ2n) is 2.62. The van der Waals surface area contributed by atoms with Gasteiger partial charge in [-0.25, -0.2) is 0 Å². The molecule has 0 radical (unpaired) electrons. The molecule has 0 fully saturated rings. The van der Waals surface area contributed by atoms with Gasteiger partial charge >= 0.3 is 0 Å². The van der Waals surface area contributed by atoms with Crippen molar-refractivity contribution in [2.45, 2.75) is 6.92 Å². The molecule has 0 saturated carbocycles. The maximum absolute atomic E-state index is 11.1. The van der Waals surface area contributed by atoms with Gasteiger partial charge in [-0.1, -0.05) is 18.2 Å². The number of carbonyl (C=O) groups is 1. The topological polar surface area (TPSA) is 29.1 Å². The molecule has 0 saturated heterocycles. The fourth-order valence-electron chi connectivity index (χ4n) is 0.955. The first kappa shape index (κ1) is 9.86. The molecule has 1 rings (SSSR count). The van der Waals surface area contributed by atoms with Crippen molar-refractivity contribution in [3.8, 4) is 0 Å². The van der Waals surface area contributed by atoms with Crippen molar-refractivity contribution < 1.29 is 4.79 Å². The summed E-state index contributed by atoms with van der Waals surface area (Å²) in [5.74, 6) is -0.163. The van der Waals surface area contributed by atoms with Crippen molar-refractivity contribution in [2.24, 2.45) is 0 Å². The quantitative estimate of drug-likeness (QED) is 0.548. The lowest BCUT2D eigenvalue weighted by Crippen LogP contribution is -2.08. The summed E-state index contributed by atoms with van der Waals surface area (Å²) in [6.45, 7) is 1.94. The zero-order valence-electron chi connectivity index (χ0n) is 7.32. The third-order valence-corrected chi connectivity index (χ3v) is 1.78. The Bertz CT molecular complexity index is 333. The number of aryl methyl sites for hydroxylation is 1. The Kier molecular flexibility index (Phi) is 3.58. The summed E-state index contributed by atoms with van der Waals surface area (Å²) < 4.78 is 0. The van der Waals surface area contributed by atoms with Crippen LogP contribution in [-0.2, 0) is 4.79 Å². The summed E-state index contributed by atoms with van der Waals surface area (Å²) in [4.78, 5) is 11.1. The molecule has 0 spiro atoms. The Morgan fingerprint density at radius 3 is 2.77 bits per heavy atom. The van der Waals surface area contributed by atoms with Gasteiger partial charge in [-0.2, -0.15) is 12.6 Å². The number of para-hydroxylation sites is 1. The van der Waals surface area contributed by atoms with Crippen molar-refractivity contribution in [3.05, 3.63) is 41.3 Å². The SMILES string of the molecule is Cc1ccccc1NC(=O)/C=C/S. The lowest BCUT2D eigenvalue weighted by molar-refractivity contribution is -0.111. The number of benzene rings is 1. The number of rotatable bonds is 2. The maximum atomic E-state index is 11.1. The molecule has 3 heteroatoms. The largest absolute Gasteiger partial charge is 0.322 e. The summed E-state index contributed by atoms with van der Waals surface area (Å²) >= 11 is 3.81. The standard InChI is InChI=1S/C10H11NOS/c1-8-4-2-3-5-9(8)11-10(12)6-7-13/h2-7,13H,1H3,(H,11,12)/b7-6+. The summed E-state index contributed by atoms with van der Waals surface area (Å²) in [7, 11) is 0. The van der Waals surface area contributed by atoms with Crippen molar-refractivity contribution in [1.82, 2.24) is 0 Å². The highest BCUT2D eigenvalue weighted by atomic mass is 32.1. The van der Waals surface area contributed by atoms with Gasteiger partial charge in [0, 0.05) is 11.8 Å². The molecule has 0 heterocycles. The van der Waals surface area contributed by atoms with E-state index in [2.05, 4.69) is 17.9 Å². The van der Waals surface area contributed by atoms with Crippen molar-refractivity contribution in [1.29, 1.82) is 0 Å². The van der Waals surface area contributed by atoms with Crippen LogP contribution in [0, 0.1) is 6.92 Å². The lowest BCUT2D eigenvalue weighted by Gasteiger charge is -2.04. The molecule has 13 heavy (non-hydrogen) atoms. The van der Waals surface area contributed by atoms with Crippen LogP contribution in [0.3, 0.4) is 0 Å². The minimum absolute atomic E-state index is 0.163. The smallest absolute Gasteiger partial charge is 0.248 e. The predicted molar refractivity (Wildman–Crippen MR) is 57.9 cm³/mol. The van der Waals surface area contributed by atoms with Gasteiger partial charge in [-0.15, -0.1) is 0 Å². The van der Waals surface area contributed by atoms with E-state index in [1.165, 1.54) is 11.5 Å². The van der Waals surface area contributed by atoms with Crippen LogP contribution in [0.2, 0.25) is 0 Å². The van der Waals surface area contributed by atoms with Crippen LogP contribution in [-0.4, -0.2) is 5.91 Å². The first-order valence-electron chi connectivity index (χ1n) is 3.91. The molecular formula is C10H11NOS. The molecule has 2 nitrogen and oxygen atoms in total. The van der Waals surface area contributed by atoms with Crippen molar-refractivity contribution in [2.75, 3.05) is 5.32 Å². The molecule has 0 aliphatic rings. The van der Waals surface area contributed by atoms with E-state index in [1.54, 1.807) is 0 Å². The molecular weight excluding hydrogens is 182 g/mol. The fourth-order valence-corrected chi connectivity index (χ4v) is 1.09. The first-order valence-corrected chi connectivity index (χ1v) is 4.43. The molecule has 68 valence electrons. The van der Waals surface area contributed by atoms with Crippen LogP contribution in [0.15, 0.2) is 35.7 Å². The van der Waals surface area contributed by atoms with Crippen LogP contribution in [0.1, 0.15) is 5.56 Å². The van der Waals surface area contributed by atoms with Gasteiger partial charge in [-0.05, 0) is 24.0 Å². The Labute approximate surface area is 83.1 Å². The number of carbonyl (C=O) groups excluding carboxylic acids is 1. The number of nitrogens with one attached hydrogen (secondary N) is 1. The van der Waals surface area contributed by atoms with E-state index in [0.717, 1.165) is 11.3 Å². The molecule has 0 aliphatic carbocycles. The van der Waals surface area contributed by atoms with Crippen LogP contribution in [0.5, 0.6) is 0 Å². The van der Waals surface area contributed by atoms with E-state index in [4.69, 9.17) is 0 Å². The third kappa shape index (κ3) is 2.95. The molecule has 1 aromatic carbocycles.